The van der Waals surface area contributed by atoms with E-state index in [0.29, 0.717) is 27.3 Å². The second-order valence-electron chi connectivity index (χ2n) is 7.53. The molecule has 0 bridgehead atoms. The highest BCUT2D eigenvalue weighted by Gasteiger charge is 2.17. The number of hydrogen-bond acceptors (Lipinski definition) is 6. The first kappa shape index (κ1) is 21.5. The van der Waals surface area contributed by atoms with E-state index >= 15 is 0 Å². The zero-order valence-corrected chi connectivity index (χ0v) is 18.6. The molecule has 3 heterocycles. The van der Waals surface area contributed by atoms with Crippen molar-refractivity contribution in [2.75, 3.05) is 0 Å². The number of nitrogens with one attached hydrogen (secondary N) is 1. The number of fused-ring (bicyclic) bond motifs is 1. The number of pyridine rings is 2. The van der Waals surface area contributed by atoms with Gasteiger partial charge in [0.15, 0.2) is 0 Å². The van der Waals surface area contributed by atoms with Crippen molar-refractivity contribution in [1.82, 2.24) is 25.0 Å². The maximum absolute atomic E-state index is 13.0. The highest BCUT2D eigenvalue weighted by Crippen LogP contribution is 2.27. The van der Waals surface area contributed by atoms with Gasteiger partial charge in [-0.15, -0.1) is 0 Å². The Morgan fingerprint density at radius 3 is 2.62 bits per heavy atom. The molecule has 0 saturated heterocycles. The summed E-state index contributed by atoms with van der Waals surface area (Å²) in [5.41, 5.74) is 2.28. The van der Waals surface area contributed by atoms with Crippen molar-refractivity contribution in [3.8, 4) is 22.8 Å². The zero-order valence-electron chi connectivity index (χ0n) is 17.8. The summed E-state index contributed by atoms with van der Waals surface area (Å²) in [7, 11) is 0. The van der Waals surface area contributed by atoms with E-state index in [1.165, 1.54) is 10.6 Å². The first-order valence-electron chi connectivity index (χ1n) is 10.5. The minimum Gasteiger partial charge on any atom is -0.350 e. The highest BCUT2D eigenvalue weighted by molar-refractivity contribution is 6.31. The number of benzene rings is 2. The molecule has 0 spiro atoms. The van der Waals surface area contributed by atoms with Gasteiger partial charge in [0.2, 0.25) is 11.7 Å². The van der Waals surface area contributed by atoms with Crippen LogP contribution in [-0.4, -0.2) is 25.6 Å². The summed E-state index contributed by atoms with van der Waals surface area (Å²) < 4.78 is 6.88. The lowest BCUT2D eigenvalue weighted by Crippen LogP contribution is -2.32. The Hall–Kier alpha value is -4.30. The van der Waals surface area contributed by atoms with E-state index in [2.05, 4.69) is 20.4 Å². The van der Waals surface area contributed by atoms with Gasteiger partial charge in [0.25, 0.3) is 11.4 Å². The minimum absolute atomic E-state index is 0.143. The Morgan fingerprint density at radius 2 is 1.79 bits per heavy atom. The SMILES string of the molecule is O=C(Cn1c(=O)cc(-c2nc(-c3ccncc3)no2)c2ccccc21)NCc1ccccc1Cl. The van der Waals surface area contributed by atoms with E-state index < -0.39 is 0 Å². The fraction of sp³-hybridized carbons (Fsp3) is 0.0800. The Bertz CT molecular complexity index is 1550. The van der Waals surface area contributed by atoms with Gasteiger partial charge in [-0.3, -0.25) is 19.1 Å². The maximum Gasteiger partial charge on any atom is 0.259 e. The highest BCUT2D eigenvalue weighted by atomic mass is 35.5. The van der Waals surface area contributed by atoms with Gasteiger partial charge in [-0.25, -0.2) is 0 Å². The van der Waals surface area contributed by atoms with Crippen LogP contribution in [0.2, 0.25) is 5.02 Å². The molecule has 168 valence electrons. The molecular weight excluding hydrogens is 454 g/mol. The number of halogens is 1. The number of para-hydroxylation sites is 1. The number of amides is 1. The van der Waals surface area contributed by atoms with Crippen molar-refractivity contribution < 1.29 is 9.32 Å². The summed E-state index contributed by atoms with van der Waals surface area (Å²) >= 11 is 6.16. The van der Waals surface area contributed by atoms with Crippen LogP contribution in [0, 0.1) is 0 Å². The summed E-state index contributed by atoms with van der Waals surface area (Å²) in [6.07, 6.45) is 3.28. The molecule has 0 atom stereocenters. The second kappa shape index (κ2) is 9.29. The van der Waals surface area contributed by atoms with Crippen molar-refractivity contribution >= 4 is 28.4 Å². The van der Waals surface area contributed by atoms with Gasteiger partial charge in [-0.05, 0) is 29.8 Å². The lowest BCUT2D eigenvalue weighted by atomic mass is 10.1. The van der Waals surface area contributed by atoms with Gasteiger partial charge in [-0.1, -0.05) is 53.2 Å². The predicted octanol–water partition coefficient (Wildman–Crippen LogP) is 4.08. The van der Waals surface area contributed by atoms with Crippen molar-refractivity contribution in [1.29, 1.82) is 0 Å². The van der Waals surface area contributed by atoms with E-state index in [-0.39, 0.29) is 30.4 Å². The van der Waals surface area contributed by atoms with Crippen LogP contribution in [0.15, 0.2) is 88.4 Å². The summed E-state index contributed by atoms with van der Waals surface area (Å²) in [4.78, 5) is 34.1. The van der Waals surface area contributed by atoms with Gasteiger partial charge in [0.1, 0.15) is 6.54 Å². The van der Waals surface area contributed by atoms with Crippen molar-refractivity contribution in [3.05, 3.63) is 100 Å². The van der Waals surface area contributed by atoms with Crippen LogP contribution in [0.4, 0.5) is 0 Å². The third kappa shape index (κ3) is 4.31. The predicted molar refractivity (Wildman–Crippen MR) is 128 cm³/mol. The van der Waals surface area contributed by atoms with Gasteiger partial charge in [0, 0.05) is 41.0 Å². The molecule has 0 unspecified atom stereocenters. The smallest absolute Gasteiger partial charge is 0.259 e. The average Bonchev–Trinajstić information content (AvgIpc) is 3.36. The van der Waals surface area contributed by atoms with Gasteiger partial charge < -0.3 is 9.84 Å². The van der Waals surface area contributed by atoms with Crippen molar-refractivity contribution in [2.24, 2.45) is 0 Å². The van der Waals surface area contributed by atoms with E-state index in [1.54, 1.807) is 42.7 Å². The molecule has 8 nitrogen and oxygen atoms in total. The number of carbonyl (C=O) groups is 1. The quantitative estimate of drug-likeness (QED) is 0.400. The molecule has 9 heteroatoms. The van der Waals surface area contributed by atoms with Crippen LogP contribution in [-0.2, 0) is 17.9 Å². The van der Waals surface area contributed by atoms with Crippen LogP contribution in [0.3, 0.4) is 0 Å². The van der Waals surface area contributed by atoms with Crippen LogP contribution in [0.1, 0.15) is 5.56 Å². The van der Waals surface area contributed by atoms with Crippen LogP contribution in [0.25, 0.3) is 33.7 Å². The number of nitrogens with zero attached hydrogens (tertiary/aromatic N) is 4. The number of rotatable bonds is 6. The molecule has 0 aliphatic rings. The van der Waals surface area contributed by atoms with Crippen molar-refractivity contribution in [2.45, 2.75) is 13.1 Å². The Morgan fingerprint density at radius 1 is 1.03 bits per heavy atom. The third-order valence-electron chi connectivity index (χ3n) is 5.35. The second-order valence-corrected chi connectivity index (χ2v) is 7.93. The molecule has 3 aromatic heterocycles. The standard InChI is InChI=1S/C25H18ClN5O3/c26-20-7-3-1-5-17(20)14-28-22(32)15-31-21-8-4-2-6-18(21)19(13-23(31)33)25-29-24(30-34-25)16-9-11-27-12-10-16/h1-13H,14-15H2,(H,28,32). The normalized spacial score (nSPS) is 11.0. The van der Waals surface area contributed by atoms with Gasteiger partial charge in [0.05, 0.1) is 11.1 Å². The molecule has 0 aliphatic heterocycles. The Balaban J connectivity index is 1.45. The molecule has 0 aliphatic carbocycles. The molecule has 5 aromatic rings. The molecule has 34 heavy (non-hydrogen) atoms. The first-order valence-corrected chi connectivity index (χ1v) is 10.8. The molecule has 0 saturated carbocycles. The molecule has 1 amide bonds. The van der Waals surface area contributed by atoms with E-state index in [4.69, 9.17) is 16.1 Å². The average molecular weight is 472 g/mol. The Labute approximate surface area is 198 Å². The van der Waals surface area contributed by atoms with Gasteiger partial charge in [-0.2, -0.15) is 4.98 Å². The lowest BCUT2D eigenvalue weighted by Gasteiger charge is -2.12. The number of aromatic nitrogens is 4. The summed E-state index contributed by atoms with van der Waals surface area (Å²) in [5, 5.41) is 8.14. The maximum atomic E-state index is 13.0. The van der Waals surface area contributed by atoms with E-state index in [0.717, 1.165) is 11.1 Å². The van der Waals surface area contributed by atoms with Crippen LogP contribution in [0.5, 0.6) is 0 Å². The van der Waals surface area contributed by atoms with Gasteiger partial charge >= 0.3 is 0 Å². The summed E-state index contributed by atoms with van der Waals surface area (Å²) in [5.74, 6) is 0.303. The molecule has 2 aromatic carbocycles. The molecule has 1 N–H and O–H groups in total. The van der Waals surface area contributed by atoms with Crippen LogP contribution < -0.4 is 10.9 Å². The Kier molecular flexibility index (Phi) is 5.88. The first-order chi connectivity index (χ1) is 16.6. The molecule has 5 rings (SSSR count). The monoisotopic (exact) mass is 471 g/mol. The fourth-order valence-corrected chi connectivity index (χ4v) is 3.86. The summed E-state index contributed by atoms with van der Waals surface area (Å²) in [6.45, 7) is 0.124. The third-order valence-corrected chi connectivity index (χ3v) is 5.72. The lowest BCUT2D eigenvalue weighted by molar-refractivity contribution is -0.121. The molecule has 0 radical (unpaired) electrons. The van der Waals surface area contributed by atoms with Crippen LogP contribution >= 0.6 is 11.6 Å². The zero-order chi connectivity index (χ0) is 23.5. The largest absolute Gasteiger partial charge is 0.350 e. The molecular formula is C25H18ClN5O3. The van der Waals surface area contributed by atoms with Crippen molar-refractivity contribution in [3.63, 3.8) is 0 Å². The fourth-order valence-electron chi connectivity index (χ4n) is 3.66. The number of hydrogen-bond donors (Lipinski definition) is 1. The topological polar surface area (TPSA) is 103 Å². The number of carbonyl (C=O) groups excluding carboxylic acids is 1. The minimum atomic E-state index is -0.356. The summed E-state index contributed by atoms with van der Waals surface area (Å²) in [6, 6.07) is 19.5. The molecule has 0 fully saturated rings. The van der Waals surface area contributed by atoms with E-state index in [9.17, 15) is 9.59 Å². The van der Waals surface area contributed by atoms with E-state index in [1.807, 2.05) is 30.3 Å².